The van der Waals surface area contributed by atoms with Crippen LogP contribution in [0.1, 0.15) is 5.56 Å². The third-order valence-electron chi connectivity index (χ3n) is 2.39. The fourth-order valence-electron chi connectivity index (χ4n) is 1.44. The standard InChI is InChI=1S/C13H10FNO3/c14-13-8-11(15(16)17)7-6-10(13)9-18-12-4-2-1-3-5-12/h1-8H,9H2. The highest BCUT2D eigenvalue weighted by Gasteiger charge is 2.10. The average Bonchev–Trinajstić information content (AvgIpc) is 2.38. The first kappa shape index (κ1) is 12.0. The average molecular weight is 247 g/mol. The second kappa shape index (κ2) is 5.27. The number of nitrogens with zero attached hydrogens (tertiary/aromatic N) is 1. The molecular formula is C13H10FNO3. The molecule has 0 aliphatic carbocycles. The molecule has 0 unspecified atom stereocenters. The second-order valence-corrected chi connectivity index (χ2v) is 3.63. The van der Waals surface area contributed by atoms with Crippen molar-refractivity contribution in [2.75, 3.05) is 0 Å². The largest absolute Gasteiger partial charge is 0.489 e. The van der Waals surface area contributed by atoms with Crippen molar-refractivity contribution in [3.8, 4) is 5.75 Å². The first-order chi connectivity index (χ1) is 8.66. The molecule has 4 nitrogen and oxygen atoms in total. The first-order valence-electron chi connectivity index (χ1n) is 5.27. The van der Waals surface area contributed by atoms with Crippen LogP contribution in [0.4, 0.5) is 10.1 Å². The van der Waals surface area contributed by atoms with Crippen LogP contribution in [0.2, 0.25) is 0 Å². The van der Waals surface area contributed by atoms with Crippen LogP contribution in [-0.2, 0) is 6.61 Å². The van der Waals surface area contributed by atoms with Crippen molar-refractivity contribution in [1.82, 2.24) is 0 Å². The smallest absolute Gasteiger partial charge is 0.272 e. The number of halogens is 1. The number of nitro benzene ring substituents is 1. The van der Waals surface area contributed by atoms with E-state index in [1.807, 2.05) is 18.2 Å². The molecule has 92 valence electrons. The molecule has 0 bridgehead atoms. The maximum absolute atomic E-state index is 13.5. The molecule has 0 atom stereocenters. The van der Waals surface area contributed by atoms with E-state index < -0.39 is 10.7 Å². The topological polar surface area (TPSA) is 52.4 Å². The van der Waals surface area contributed by atoms with Gasteiger partial charge in [0.25, 0.3) is 5.69 Å². The number of nitro groups is 1. The van der Waals surface area contributed by atoms with E-state index in [4.69, 9.17) is 4.74 Å². The zero-order chi connectivity index (χ0) is 13.0. The summed E-state index contributed by atoms with van der Waals surface area (Å²) in [4.78, 5) is 9.82. The minimum absolute atomic E-state index is 0.0356. The lowest BCUT2D eigenvalue weighted by atomic mass is 10.2. The van der Waals surface area contributed by atoms with Crippen molar-refractivity contribution < 1.29 is 14.1 Å². The summed E-state index contributed by atoms with van der Waals surface area (Å²) < 4.78 is 18.9. The van der Waals surface area contributed by atoms with Crippen LogP contribution in [-0.4, -0.2) is 4.92 Å². The van der Waals surface area contributed by atoms with Gasteiger partial charge in [0.05, 0.1) is 11.0 Å². The fraction of sp³-hybridized carbons (Fsp3) is 0.0769. The Hall–Kier alpha value is -2.43. The summed E-state index contributed by atoms with van der Waals surface area (Å²) in [6.07, 6.45) is 0. The van der Waals surface area contributed by atoms with Crippen LogP contribution in [0, 0.1) is 15.9 Å². The molecule has 2 aromatic carbocycles. The van der Waals surface area contributed by atoms with E-state index in [2.05, 4.69) is 0 Å². The predicted octanol–water partition coefficient (Wildman–Crippen LogP) is 3.31. The third kappa shape index (κ3) is 2.82. The number of benzene rings is 2. The Morgan fingerprint density at radius 3 is 2.50 bits per heavy atom. The highest BCUT2D eigenvalue weighted by Crippen LogP contribution is 2.18. The van der Waals surface area contributed by atoms with Crippen LogP contribution in [0.3, 0.4) is 0 Å². The molecule has 18 heavy (non-hydrogen) atoms. The highest BCUT2D eigenvalue weighted by molar-refractivity contribution is 5.34. The zero-order valence-electron chi connectivity index (χ0n) is 9.38. The Bertz CT molecular complexity index is 557. The van der Waals surface area contributed by atoms with E-state index >= 15 is 0 Å². The van der Waals surface area contributed by atoms with Crippen molar-refractivity contribution in [2.24, 2.45) is 0 Å². The summed E-state index contributed by atoms with van der Waals surface area (Å²) in [5.74, 6) is -0.0182. The van der Waals surface area contributed by atoms with Crippen molar-refractivity contribution in [1.29, 1.82) is 0 Å². The lowest BCUT2D eigenvalue weighted by Crippen LogP contribution is -1.99. The van der Waals surface area contributed by atoms with Gasteiger partial charge in [-0.05, 0) is 18.2 Å². The van der Waals surface area contributed by atoms with Gasteiger partial charge in [0.1, 0.15) is 18.2 Å². The molecule has 0 aromatic heterocycles. The molecular weight excluding hydrogens is 237 g/mol. The summed E-state index contributed by atoms with van der Waals surface area (Å²) >= 11 is 0. The Morgan fingerprint density at radius 2 is 1.89 bits per heavy atom. The zero-order valence-corrected chi connectivity index (χ0v) is 9.38. The normalized spacial score (nSPS) is 10.1. The maximum atomic E-state index is 13.5. The van der Waals surface area contributed by atoms with Gasteiger partial charge >= 0.3 is 0 Å². The summed E-state index contributed by atoms with van der Waals surface area (Å²) in [5, 5.41) is 10.5. The van der Waals surface area contributed by atoms with Crippen LogP contribution >= 0.6 is 0 Å². The SMILES string of the molecule is O=[N+]([O-])c1ccc(COc2ccccc2)c(F)c1. The van der Waals surface area contributed by atoms with Gasteiger partial charge in [-0.25, -0.2) is 4.39 Å². The lowest BCUT2D eigenvalue weighted by Gasteiger charge is -2.06. The molecule has 0 saturated heterocycles. The van der Waals surface area contributed by atoms with Gasteiger partial charge in [-0.15, -0.1) is 0 Å². The Balaban J connectivity index is 2.08. The van der Waals surface area contributed by atoms with Crippen LogP contribution in [0.25, 0.3) is 0 Å². The van der Waals surface area contributed by atoms with Crippen molar-refractivity contribution in [3.63, 3.8) is 0 Å². The first-order valence-corrected chi connectivity index (χ1v) is 5.27. The summed E-state index contributed by atoms with van der Waals surface area (Å²) in [7, 11) is 0. The van der Waals surface area contributed by atoms with Gasteiger partial charge in [-0.3, -0.25) is 10.1 Å². The number of non-ortho nitro benzene ring substituents is 1. The van der Waals surface area contributed by atoms with Gasteiger partial charge in [0.2, 0.25) is 0 Å². The lowest BCUT2D eigenvalue weighted by molar-refractivity contribution is -0.385. The molecule has 0 aliphatic heterocycles. The number of rotatable bonds is 4. The molecule has 0 amide bonds. The van der Waals surface area contributed by atoms with Crippen molar-refractivity contribution >= 4 is 5.69 Å². The second-order valence-electron chi connectivity index (χ2n) is 3.63. The van der Waals surface area contributed by atoms with E-state index in [9.17, 15) is 14.5 Å². The molecule has 0 N–H and O–H groups in total. The van der Waals surface area contributed by atoms with E-state index in [0.29, 0.717) is 5.75 Å². The quantitative estimate of drug-likeness (QED) is 0.615. The van der Waals surface area contributed by atoms with Gasteiger partial charge in [0.15, 0.2) is 0 Å². The Labute approximate surface area is 103 Å². The summed E-state index contributed by atoms with van der Waals surface area (Å²) in [6.45, 7) is 0.0356. The monoisotopic (exact) mass is 247 g/mol. The van der Waals surface area contributed by atoms with Gasteiger partial charge in [0, 0.05) is 11.6 Å². The minimum atomic E-state index is -0.639. The molecule has 0 aliphatic rings. The van der Waals surface area contributed by atoms with Gasteiger partial charge in [-0.2, -0.15) is 0 Å². The Morgan fingerprint density at radius 1 is 1.17 bits per heavy atom. The van der Waals surface area contributed by atoms with E-state index in [-0.39, 0.29) is 17.9 Å². The van der Waals surface area contributed by atoms with Crippen LogP contribution < -0.4 is 4.74 Å². The molecule has 0 radical (unpaired) electrons. The fourth-order valence-corrected chi connectivity index (χ4v) is 1.44. The maximum Gasteiger partial charge on any atom is 0.272 e. The van der Waals surface area contributed by atoms with E-state index in [0.717, 1.165) is 6.07 Å². The molecule has 2 rings (SSSR count). The number of hydrogen-bond acceptors (Lipinski definition) is 3. The van der Waals surface area contributed by atoms with Crippen molar-refractivity contribution in [2.45, 2.75) is 6.61 Å². The number of hydrogen-bond donors (Lipinski definition) is 0. The molecule has 0 saturated carbocycles. The summed E-state index contributed by atoms with van der Waals surface area (Å²) in [5.41, 5.74) is 0.0143. The highest BCUT2D eigenvalue weighted by atomic mass is 19.1. The molecule has 0 fully saturated rings. The molecule has 5 heteroatoms. The van der Waals surface area contributed by atoms with E-state index in [1.54, 1.807) is 12.1 Å². The third-order valence-corrected chi connectivity index (χ3v) is 2.39. The van der Waals surface area contributed by atoms with Gasteiger partial charge < -0.3 is 4.74 Å². The van der Waals surface area contributed by atoms with Crippen molar-refractivity contribution in [3.05, 3.63) is 70.0 Å². The van der Waals surface area contributed by atoms with Crippen LogP contribution in [0.15, 0.2) is 48.5 Å². The minimum Gasteiger partial charge on any atom is -0.489 e. The predicted molar refractivity (Wildman–Crippen MR) is 63.8 cm³/mol. The molecule has 0 heterocycles. The Kier molecular flexibility index (Phi) is 3.52. The van der Waals surface area contributed by atoms with Gasteiger partial charge in [-0.1, -0.05) is 18.2 Å². The number of ether oxygens (including phenoxy) is 1. The number of para-hydroxylation sites is 1. The summed E-state index contributed by atoms with van der Waals surface area (Å²) in [6, 6.07) is 12.5. The molecule has 2 aromatic rings. The van der Waals surface area contributed by atoms with E-state index in [1.165, 1.54) is 12.1 Å². The molecule has 0 spiro atoms. The van der Waals surface area contributed by atoms with Crippen LogP contribution in [0.5, 0.6) is 5.75 Å².